The third-order valence-electron chi connectivity index (χ3n) is 3.36. The summed E-state index contributed by atoms with van der Waals surface area (Å²) in [5.74, 6) is 1.24. The van der Waals surface area contributed by atoms with Gasteiger partial charge in [0.2, 0.25) is 0 Å². The number of para-hydroxylation sites is 1. The second-order valence-corrected chi connectivity index (χ2v) is 5.10. The van der Waals surface area contributed by atoms with Crippen molar-refractivity contribution < 1.29 is 19.4 Å². The minimum Gasteiger partial charge on any atom is -0.478 e. The van der Waals surface area contributed by atoms with Crippen molar-refractivity contribution in [3.05, 3.63) is 54.6 Å². The summed E-state index contributed by atoms with van der Waals surface area (Å²) in [5.41, 5.74) is 0. The molecule has 0 saturated heterocycles. The molecule has 0 amide bonds. The molecule has 2 aromatic carbocycles. The number of carbonyl (C=O) groups is 1. The SMILES string of the molecule is O=C(O)C(Oc1ccc(Oc2ccccc2)cc1)C1CC1. The van der Waals surface area contributed by atoms with Crippen LogP contribution >= 0.6 is 0 Å². The van der Waals surface area contributed by atoms with E-state index in [0.717, 1.165) is 18.6 Å². The monoisotopic (exact) mass is 284 g/mol. The fraction of sp³-hybridized carbons (Fsp3) is 0.235. The standard InChI is InChI=1S/C17H16O4/c18-17(19)16(12-6-7-12)21-15-10-8-14(9-11-15)20-13-4-2-1-3-5-13/h1-5,8-12,16H,6-7H2,(H,18,19). The van der Waals surface area contributed by atoms with Crippen LogP contribution < -0.4 is 9.47 Å². The highest BCUT2D eigenvalue weighted by atomic mass is 16.5. The number of benzene rings is 2. The fourth-order valence-corrected chi connectivity index (χ4v) is 2.10. The molecule has 0 radical (unpaired) electrons. The topological polar surface area (TPSA) is 55.8 Å². The van der Waals surface area contributed by atoms with E-state index < -0.39 is 12.1 Å². The van der Waals surface area contributed by atoms with Crippen LogP contribution in [0.3, 0.4) is 0 Å². The molecule has 1 saturated carbocycles. The summed E-state index contributed by atoms with van der Waals surface area (Å²) >= 11 is 0. The van der Waals surface area contributed by atoms with Gasteiger partial charge >= 0.3 is 5.97 Å². The Kier molecular flexibility index (Phi) is 3.77. The van der Waals surface area contributed by atoms with E-state index in [1.165, 1.54) is 0 Å². The van der Waals surface area contributed by atoms with Crippen LogP contribution in [-0.2, 0) is 4.79 Å². The van der Waals surface area contributed by atoms with Crippen LogP contribution in [0.2, 0.25) is 0 Å². The third-order valence-corrected chi connectivity index (χ3v) is 3.36. The zero-order chi connectivity index (χ0) is 14.7. The average Bonchev–Trinajstić information content (AvgIpc) is 3.32. The Balaban J connectivity index is 1.65. The minimum absolute atomic E-state index is 0.141. The van der Waals surface area contributed by atoms with Crippen LogP contribution in [0, 0.1) is 5.92 Å². The van der Waals surface area contributed by atoms with Crippen LogP contribution in [0.15, 0.2) is 54.6 Å². The first kappa shape index (κ1) is 13.5. The van der Waals surface area contributed by atoms with E-state index in [1.54, 1.807) is 24.3 Å². The van der Waals surface area contributed by atoms with Gasteiger partial charge < -0.3 is 14.6 Å². The summed E-state index contributed by atoms with van der Waals surface area (Å²) in [6.45, 7) is 0. The number of hydrogen-bond acceptors (Lipinski definition) is 3. The number of rotatable bonds is 6. The first-order valence-corrected chi connectivity index (χ1v) is 6.95. The highest BCUT2D eigenvalue weighted by Gasteiger charge is 2.38. The van der Waals surface area contributed by atoms with E-state index in [9.17, 15) is 4.79 Å². The van der Waals surface area contributed by atoms with Gasteiger partial charge in [-0.05, 0) is 49.2 Å². The second kappa shape index (κ2) is 5.87. The van der Waals surface area contributed by atoms with Crippen molar-refractivity contribution in [1.82, 2.24) is 0 Å². The molecule has 1 fully saturated rings. The molecule has 3 rings (SSSR count). The summed E-state index contributed by atoms with van der Waals surface area (Å²) in [5, 5.41) is 9.14. The lowest BCUT2D eigenvalue weighted by molar-refractivity contribution is -0.146. The molecule has 1 atom stereocenters. The van der Waals surface area contributed by atoms with Crippen molar-refractivity contribution in [3.63, 3.8) is 0 Å². The molecule has 108 valence electrons. The van der Waals surface area contributed by atoms with Crippen molar-refractivity contribution in [2.45, 2.75) is 18.9 Å². The normalized spacial score (nSPS) is 15.2. The molecule has 1 aliphatic rings. The molecule has 2 aromatic rings. The Morgan fingerprint density at radius 3 is 2.10 bits per heavy atom. The van der Waals surface area contributed by atoms with Crippen LogP contribution in [-0.4, -0.2) is 17.2 Å². The molecule has 1 N–H and O–H groups in total. The molecule has 0 aromatic heterocycles. The summed E-state index contributed by atoms with van der Waals surface area (Å²) in [6, 6.07) is 16.5. The van der Waals surface area contributed by atoms with Gasteiger partial charge in [-0.2, -0.15) is 0 Å². The fourth-order valence-electron chi connectivity index (χ4n) is 2.10. The highest BCUT2D eigenvalue weighted by molar-refractivity contribution is 5.73. The van der Waals surface area contributed by atoms with E-state index in [4.69, 9.17) is 14.6 Å². The highest BCUT2D eigenvalue weighted by Crippen LogP contribution is 2.35. The maximum absolute atomic E-state index is 11.1. The van der Waals surface area contributed by atoms with Gasteiger partial charge in [0.25, 0.3) is 0 Å². The van der Waals surface area contributed by atoms with E-state index in [0.29, 0.717) is 11.5 Å². The van der Waals surface area contributed by atoms with Crippen molar-refractivity contribution in [3.8, 4) is 17.2 Å². The zero-order valence-electron chi connectivity index (χ0n) is 11.4. The van der Waals surface area contributed by atoms with Gasteiger partial charge in [-0.15, -0.1) is 0 Å². The second-order valence-electron chi connectivity index (χ2n) is 5.10. The molecular formula is C17H16O4. The number of carboxylic acid groups (broad SMARTS) is 1. The molecule has 4 nitrogen and oxygen atoms in total. The molecule has 0 heterocycles. The number of ether oxygens (including phenoxy) is 2. The molecule has 0 spiro atoms. The van der Waals surface area contributed by atoms with Crippen molar-refractivity contribution in [1.29, 1.82) is 0 Å². The third kappa shape index (κ3) is 3.54. The number of hydrogen-bond donors (Lipinski definition) is 1. The summed E-state index contributed by atoms with van der Waals surface area (Å²) in [4.78, 5) is 11.1. The van der Waals surface area contributed by atoms with Gasteiger partial charge in [0, 0.05) is 5.92 Å². The maximum Gasteiger partial charge on any atom is 0.345 e. The van der Waals surface area contributed by atoms with Gasteiger partial charge in [-0.3, -0.25) is 0 Å². The summed E-state index contributed by atoms with van der Waals surface area (Å²) in [6.07, 6.45) is 1.10. The minimum atomic E-state index is -0.901. The molecule has 1 unspecified atom stereocenters. The van der Waals surface area contributed by atoms with Crippen LogP contribution in [0.1, 0.15) is 12.8 Å². The quantitative estimate of drug-likeness (QED) is 0.878. The summed E-state index contributed by atoms with van der Waals surface area (Å²) < 4.78 is 11.2. The molecular weight excluding hydrogens is 268 g/mol. The lowest BCUT2D eigenvalue weighted by Crippen LogP contribution is -2.29. The first-order chi connectivity index (χ1) is 10.2. The van der Waals surface area contributed by atoms with Crippen LogP contribution in [0.5, 0.6) is 17.2 Å². The summed E-state index contributed by atoms with van der Waals surface area (Å²) in [7, 11) is 0. The van der Waals surface area contributed by atoms with Crippen LogP contribution in [0.4, 0.5) is 0 Å². The van der Waals surface area contributed by atoms with Crippen molar-refractivity contribution >= 4 is 5.97 Å². The van der Waals surface area contributed by atoms with Gasteiger partial charge in [0.05, 0.1) is 0 Å². The Morgan fingerprint density at radius 2 is 1.52 bits per heavy atom. The van der Waals surface area contributed by atoms with E-state index in [-0.39, 0.29) is 5.92 Å². The Hall–Kier alpha value is -2.49. The van der Waals surface area contributed by atoms with Crippen molar-refractivity contribution in [2.75, 3.05) is 0 Å². The molecule has 0 bridgehead atoms. The van der Waals surface area contributed by atoms with Crippen molar-refractivity contribution in [2.24, 2.45) is 5.92 Å². The Labute approximate surface area is 122 Å². The Morgan fingerprint density at radius 1 is 0.952 bits per heavy atom. The average molecular weight is 284 g/mol. The largest absolute Gasteiger partial charge is 0.478 e. The smallest absolute Gasteiger partial charge is 0.345 e. The van der Waals surface area contributed by atoms with Gasteiger partial charge in [-0.1, -0.05) is 18.2 Å². The molecule has 21 heavy (non-hydrogen) atoms. The predicted octanol–water partition coefficient (Wildman–Crippen LogP) is 3.72. The first-order valence-electron chi connectivity index (χ1n) is 6.95. The van der Waals surface area contributed by atoms with Gasteiger partial charge in [-0.25, -0.2) is 4.79 Å². The predicted molar refractivity (Wildman–Crippen MR) is 77.7 cm³/mol. The number of carboxylic acids is 1. The molecule has 4 heteroatoms. The Bertz CT molecular complexity index is 602. The van der Waals surface area contributed by atoms with E-state index >= 15 is 0 Å². The van der Waals surface area contributed by atoms with E-state index in [2.05, 4.69) is 0 Å². The molecule has 0 aliphatic heterocycles. The maximum atomic E-state index is 11.1. The number of aliphatic carboxylic acids is 1. The van der Waals surface area contributed by atoms with Crippen LogP contribution in [0.25, 0.3) is 0 Å². The van der Waals surface area contributed by atoms with Gasteiger partial charge in [0.15, 0.2) is 6.10 Å². The lowest BCUT2D eigenvalue weighted by atomic mass is 10.2. The molecule has 1 aliphatic carbocycles. The zero-order valence-corrected chi connectivity index (χ0v) is 11.4. The van der Waals surface area contributed by atoms with E-state index in [1.807, 2.05) is 30.3 Å². The van der Waals surface area contributed by atoms with Gasteiger partial charge in [0.1, 0.15) is 17.2 Å². The lowest BCUT2D eigenvalue weighted by Gasteiger charge is -2.14.